The second-order valence-corrected chi connectivity index (χ2v) is 4.51. The van der Waals surface area contributed by atoms with E-state index in [1.807, 2.05) is 4.90 Å². The summed E-state index contributed by atoms with van der Waals surface area (Å²) >= 11 is 0. The van der Waals surface area contributed by atoms with E-state index in [0.29, 0.717) is 11.5 Å². The van der Waals surface area contributed by atoms with Gasteiger partial charge in [-0.2, -0.15) is 0 Å². The molecule has 0 saturated heterocycles. The van der Waals surface area contributed by atoms with Crippen molar-refractivity contribution in [1.29, 1.82) is 0 Å². The molecular formula is C14H24N4O. The minimum absolute atomic E-state index is 0.0312. The minimum atomic E-state index is -0.0312. The Hall–Kier alpha value is -1.65. The summed E-state index contributed by atoms with van der Waals surface area (Å²) in [6, 6.07) is 0. The van der Waals surface area contributed by atoms with Gasteiger partial charge in [0.25, 0.3) is 5.91 Å². The molecule has 1 rings (SSSR count). The van der Waals surface area contributed by atoms with Gasteiger partial charge in [0.1, 0.15) is 11.5 Å². The molecule has 0 aromatic carbocycles. The normalized spacial score (nSPS) is 10.3. The van der Waals surface area contributed by atoms with Gasteiger partial charge in [0.2, 0.25) is 0 Å². The van der Waals surface area contributed by atoms with Gasteiger partial charge in [-0.15, -0.1) is 0 Å². The van der Waals surface area contributed by atoms with E-state index in [1.54, 1.807) is 6.20 Å². The van der Waals surface area contributed by atoms with Crippen molar-refractivity contribution in [1.82, 2.24) is 14.9 Å². The quantitative estimate of drug-likeness (QED) is 0.784. The average Bonchev–Trinajstić information content (AvgIpc) is 2.44. The highest BCUT2D eigenvalue weighted by atomic mass is 16.2. The van der Waals surface area contributed by atoms with Crippen molar-refractivity contribution in [2.24, 2.45) is 0 Å². The first-order chi connectivity index (χ1) is 9.22. The lowest BCUT2D eigenvalue weighted by Crippen LogP contribution is -2.33. The highest BCUT2D eigenvalue weighted by Gasteiger charge is 2.16. The zero-order valence-electron chi connectivity index (χ0n) is 12.1. The summed E-state index contributed by atoms with van der Waals surface area (Å²) < 4.78 is 0. The van der Waals surface area contributed by atoms with E-state index in [2.05, 4.69) is 36.1 Å². The van der Waals surface area contributed by atoms with Crippen LogP contribution in [-0.2, 0) is 0 Å². The summed E-state index contributed by atoms with van der Waals surface area (Å²) in [6.07, 6.45) is 6.10. The number of carbonyl (C=O) groups excluding carboxylic acids is 1. The SMILES string of the molecule is CCCNc1cncc(C(=O)N(CCC)CCC)n1. The van der Waals surface area contributed by atoms with Crippen molar-refractivity contribution >= 4 is 11.7 Å². The van der Waals surface area contributed by atoms with Crippen LogP contribution in [0.5, 0.6) is 0 Å². The Balaban J connectivity index is 2.78. The standard InChI is InChI=1S/C14H24N4O/c1-4-7-16-13-11-15-10-12(17-13)14(19)18(8-5-2)9-6-3/h10-11H,4-9H2,1-3H3,(H,16,17). The predicted octanol–water partition coefficient (Wildman–Crippen LogP) is 2.56. The fraction of sp³-hybridized carbons (Fsp3) is 0.643. The Bertz CT molecular complexity index is 389. The molecule has 1 aromatic heterocycles. The van der Waals surface area contributed by atoms with Gasteiger partial charge in [0.15, 0.2) is 0 Å². The molecule has 1 heterocycles. The van der Waals surface area contributed by atoms with Crippen LogP contribution in [0.25, 0.3) is 0 Å². The third-order valence-corrected chi connectivity index (χ3v) is 2.68. The summed E-state index contributed by atoms with van der Waals surface area (Å²) in [4.78, 5) is 22.6. The highest BCUT2D eigenvalue weighted by Crippen LogP contribution is 2.07. The molecule has 5 heteroatoms. The third kappa shape index (κ3) is 4.85. The number of aromatic nitrogens is 2. The van der Waals surface area contributed by atoms with Crippen molar-refractivity contribution in [3.63, 3.8) is 0 Å². The van der Waals surface area contributed by atoms with E-state index in [9.17, 15) is 4.79 Å². The summed E-state index contributed by atoms with van der Waals surface area (Å²) in [5.41, 5.74) is 0.419. The molecule has 0 aliphatic rings. The lowest BCUT2D eigenvalue weighted by atomic mass is 10.3. The Labute approximate surface area is 115 Å². The number of anilines is 1. The second-order valence-electron chi connectivity index (χ2n) is 4.51. The van der Waals surface area contributed by atoms with Crippen LogP contribution in [0.3, 0.4) is 0 Å². The van der Waals surface area contributed by atoms with E-state index in [1.165, 1.54) is 6.20 Å². The molecule has 0 bridgehead atoms. The molecule has 0 atom stereocenters. The molecule has 0 fully saturated rings. The van der Waals surface area contributed by atoms with Crippen molar-refractivity contribution in [3.8, 4) is 0 Å². The van der Waals surface area contributed by atoms with Crippen LogP contribution in [0.4, 0.5) is 5.82 Å². The Morgan fingerprint density at radius 3 is 2.42 bits per heavy atom. The maximum atomic E-state index is 12.3. The summed E-state index contributed by atoms with van der Waals surface area (Å²) in [5, 5.41) is 3.15. The van der Waals surface area contributed by atoms with Crippen molar-refractivity contribution in [2.75, 3.05) is 25.0 Å². The van der Waals surface area contributed by atoms with Crippen LogP contribution in [0, 0.1) is 0 Å². The van der Waals surface area contributed by atoms with Crippen molar-refractivity contribution in [3.05, 3.63) is 18.1 Å². The number of amides is 1. The number of nitrogens with one attached hydrogen (secondary N) is 1. The van der Waals surface area contributed by atoms with Crippen LogP contribution in [0.15, 0.2) is 12.4 Å². The Kier molecular flexibility index (Phi) is 6.85. The lowest BCUT2D eigenvalue weighted by molar-refractivity contribution is 0.0749. The van der Waals surface area contributed by atoms with E-state index in [0.717, 1.165) is 38.9 Å². The van der Waals surface area contributed by atoms with Crippen LogP contribution in [0.2, 0.25) is 0 Å². The molecular weight excluding hydrogens is 240 g/mol. The van der Waals surface area contributed by atoms with E-state index < -0.39 is 0 Å². The third-order valence-electron chi connectivity index (χ3n) is 2.68. The second kappa shape index (κ2) is 8.45. The molecule has 0 aliphatic heterocycles. The van der Waals surface area contributed by atoms with Gasteiger partial charge < -0.3 is 10.2 Å². The number of carbonyl (C=O) groups is 1. The number of nitrogens with zero attached hydrogens (tertiary/aromatic N) is 3. The molecule has 0 spiro atoms. The lowest BCUT2D eigenvalue weighted by Gasteiger charge is -2.20. The highest BCUT2D eigenvalue weighted by molar-refractivity contribution is 5.92. The first kappa shape index (κ1) is 15.4. The Morgan fingerprint density at radius 1 is 1.16 bits per heavy atom. The molecule has 0 aliphatic carbocycles. The van der Waals surface area contributed by atoms with Crippen molar-refractivity contribution < 1.29 is 4.79 Å². The monoisotopic (exact) mass is 264 g/mol. The van der Waals surface area contributed by atoms with Crippen LogP contribution >= 0.6 is 0 Å². The van der Waals surface area contributed by atoms with Crippen molar-refractivity contribution in [2.45, 2.75) is 40.0 Å². The minimum Gasteiger partial charge on any atom is -0.369 e. The van der Waals surface area contributed by atoms with Gasteiger partial charge >= 0.3 is 0 Å². The molecule has 0 radical (unpaired) electrons. The topological polar surface area (TPSA) is 58.1 Å². The van der Waals surface area contributed by atoms with Crippen LogP contribution in [-0.4, -0.2) is 40.4 Å². The number of hydrogen-bond donors (Lipinski definition) is 1. The van der Waals surface area contributed by atoms with Gasteiger partial charge in [0, 0.05) is 19.6 Å². The van der Waals surface area contributed by atoms with Gasteiger partial charge in [-0.3, -0.25) is 9.78 Å². The fourth-order valence-electron chi connectivity index (χ4n) is 1.82. The first-order valence-corrected chi connectivity index (χ1v) is 7.08. The largest absolute Gasteiger partial charge is 0.369 e. The van der Waals surface area contributed by atoms with E-state index in [-0.39, 0.29) is 5.91 Å². The summed E-state index contributed by atoms with van der Waals surface area (Å²) in [5.74, 6) is 0.636. The molecule has 1 N–H and O–H groups in total. The van der Waals surface area contributed by atoms with Crippen LogP contribution < -0.4 is 5.32 Å². The molecule has 5 nitrogen and oxygen atoms in total. The molecule has 0 unspecified atom stereocenters. The zero-order chi connectivity index (χ0) is 14.1. The van der Waals surface area contributed by atoms with Gasteiger partial charge in [-0.25, -0.2) is 4.98 Å². The Morgan fingerprint density at radius 2 is 1.84 bits per heavy atom. The van der Waals surface area contributed by atoms with E-state index in [4.69, 9.17) is 0 Å². The number of rotatable bonds is 8. The fourth-order valence-corrected chi connectivity index (χ4v) is 1.82. The molecule has 106 valence electrons. The van der Waals surface area contributed by atoms with Gasteiger partial charge in [-0.1, -0.05) is 20.8 Å². The smallest absolute Gasteiger partial charge is 0.274 e. The zero-order valence-corrected chi connectivity index (χ0v) is 12.1. The average molecular weight is 264 g/mol. The molecule has 1 amide bonds. The molecule has 19 heavy (non-hydrogen) atoms. The summed E-state index contributed by atoms with van der Waals surface area (Å²) in [6.45, 7) is 8.59. The van der Waals surface area contributed by atoms with Crippen LogP contribution in [0.1, 0.15) is 50.5 Å². The molecule has 1 aromatic rings. The molecule has 0 saturated carbocycles. The number of hydrogen-bond acceptors (Lipinski definition) is 4. The maximum Gasteiger partial charge on any atom is 0.274 e. The summed E-state index contributed by atoms with van der Waals surface area (Å²) in [7, 11) is 0. The van der Waals surface area contributed by atoms with Gasteiger partial charge in [0.05, 0.1) is 12.4 Å². The first-order valence-electron chi connectivity index (χ1n) is 7.08. The van der Waals surface area contributed by atoms with Gasteiger partial charge in [-0.05, 0) is 19.3 Å². The maximum absolute atomic E-state index is 12.3. The van der Waals surface area contributed by atoms with E-state index >= 15 is 0 Å². The predicted molar refractivity (Wildman–Crippen MR) is 77.3 cm³/mol.